The van der Waals surface area contributed by atoms with Crippen molar-refractivity contribution in [3.63, 3.8) is 0 Å². The molecule has 1 atom stereocenters. The van der Waals surface area contributed by atoms with E-state index in [1.54, 1.807) is 18.4 Å². The molecular weight excluding hydrogens is 512 g/mol. The molecule has 206 valence electrons. The van der Waals surface area contributed by atoms with Crippen LogP contribution >= 0.6 is 11.3 Å². The van der Waals surface area contributed by atoms with Gasteiger partial charge in [-0.15, -0.1) is 0 Å². The molecule has 39 heavy (non-hydrogen) atoms. The molecule has 4 rings (SSSR count). The molecule has 0 fully saturated rings. The average molecular weight is 549 g/mol. The van der Waals surface area contributed by atoms with Crippen molar-refractivity contribution in [2.75, 3.05) is 19.8 Å². The third-order valence-corrected chi connectivity index (χ3v) is 7.46. The van der Waals surface area contributed by atoms with Crippen molar-refractivity contribution in [1.82, 2.24) is 4.57 Å². The SMILES string of the molecule is CCOC(=O)C1=C(C)N=c2s/c(=C\c3ccc(C(C)(C)C)cc3)c(=O)n2C1c1ccc(OCC)c(OCC)c1. The fourth-order valence-corrected chi connectivity index (χ4v) is 5.62. The molecule has 0 radical (unpaired) electrons. The molecule has 1 aliphatic rings. The number of allylic oxidation sites excluding steroid dienone is 1. The van der Waals surface area contributed by atoms with Crippen molar-refractivity contribution in [2.24, 2.45) is 4.99 Å². The molecule has 0 saturated heterocycles. The molecule has 0 saturated carbocycles. The van der Waals surface area contributed by atoms with Gasteiger partial charge in [-0.1, -0.05) is 62.4 Å². The monoisotopic (exact) mass is 548 g/mol. The molecule has 1 unspecified atom stereocenters. The Kier molecular flexibility index (Phi) is 8.45. The summed E-state index contributed by atoms with van der Waals surface area (Å²) < 4.78 is 19.1. The summed E-state index contributed by atoms with van der Waals surface area (Å²) in [5.41, 5.74) is 3.52. The summed E-state index contributed by atoms with van der Waals surface area (Å²) in [6, 6.07) is 13.0. The first-order valence-corrected chi connectivity index (χ1v) is 14.1. The van der Waals surface area contributed by atoms with E-state index in [9.17, 15) is 9.59 Å². The summed E-state index contributed by atoms with van der Waals surface area (Å²) >= 11 is 1.31. The van der Waals surface area contributed by atoms with Gasteiger partial charge in [0.05, 0.1) is 41.7 Å². The van der Waals surface area contributed by atoms with E-state index in [4.69, 9.17) is 14.2 Å². The summed E-state index contributed by atoms with van der Waals surface area (Å²) in [5, 5.41) is 0. The van der Waals surface area contributed by atoms with Crippen LogP contribution in [0.25, 0.3) is 6.08 Å². The van der Waals surface area contributed by atoms with Gasteiger partial charge in [0.1, 0.15) is 0 Å². The molecule has 3 aromatic rings. The number of fused-ring (bicyclic) bond motifs is 1. The molecule has 7 nitrogen and oxygen atoms in total. The molecule has 0 bridgehead atoms. The lowest BCUT2D eigenvalue weighted by Crippen LogP contribution is -2.40. The summed E-state index contributed by atoms with van der Waals surface area (Å²) in [6.07, 6.45) is 1.88. The summed E-state index contributed by atoms with van der Waals surface area (Å²) in [6.45, 7) is 15.0. The largest absolute Gasteiger partial charge is 0.490 e. The molecule has 0 N–H and O–H groups in total. The normalized spacial score (nSPS) is 15.6. The van der Waals surface area contributed by atoms with Crippen molar-refractivity contribution in [3.8, 4) is 11.5 Å². The molecule has 2 heterocycles. The van der Waals surface area contributed by atoms with Crippen LogP contribution in [-0.2, 0) is 14.9 Å². The topological polar surface area (TPSA) is 79.1 Å². The van der Waals surface area contributed by atoms with Gasteiger partial charge in [-0.05, 0) is 68.0 Å². The van der Waals surface area contributed by atoms with E-state index < -0.39 is 12.0 Å². The van der Waals surface area contributed by atoms with Crippen molar-refractivity contribution in [2.45, 2.75) is 59.9 Å². The van der Waals surface area contributed by atoms with Gasteiger partial charge in [0.2, 0.25) is 0 Å². The van der Waals surface area contributed by atoms with Crippen molar-refractivity contribution in [1.29, 1.82) is 0 Å². The van der Waals surface area contributed by atoms with E-state index in [-0.39, 0.29) is 17.6 Å². The highest BCUT2D eigenvalue weighted by Crippen LogP contribution is 2.36. The standard InChI is InChI=1S/C31H36N2O5S/c1-8-36-23-16-13-21(18-24(23)37-9-2)27-26(29(35)38-10-3)19(4)32-30-33(27)28(34)25(39-30)17-20-11-14-22(15-12-20)31(5,6)7/h11-18,27H,8-10H2,1-7H3/b25-17-. The molecule has 0 spiro atoms. The summed E-state index contributed by atoms with van der Waals surface area (Å²) in [4.78, 5) is 32.3. The van der Waals surface area contributed by atoms with E-state index in [2.05, 4.69) is 37.9 Å². The van der Waals surface area contributed by atoms with E-state index in [1.165, 1.54) is 16.9 Å². The zero-order valence-corrected chi connectivity index (χ0v) is 24.5. The second-order valence-corrected chi connectivity index (χ2v) is 11.3. The molecule has 1 aliphatic heterocycles. The van der Waals surface area contributed by atoms with Gasteiger partial charge < -0.3 is 14.2 Å². The Balaban J connectivity index is 1.90. The van der Waals surface area contributed by atoms with Gasteiger partial charge in [-0.2, -0.15) is 0 Å². The number of carbonyl (C=O) groups excluding carboxylic acids is 1. The minimum Gasteiger partial charge on any atom is -0.490 e. The molecule has 2 aromatic carbocycles. The van der Waals surface area contributed by atoms with Gasteiger partial charge in [-0.3, -0.25) is 9.36 Å². The minimum atomic E-state index is -0.722. The van der Waals surface area contributed by atoms with Crippen molar-refractivity contribution >= 4 is 23.4 Å². The van der Waals surface area contributed by atoms with E-state index in [0.29, 0.717) is 50.9 Å². The smallest absolute Gasteiger partial charge is 0.338 e. The van der Waals surface area contributed by atoms with Gasteiger partial charge in [-0.25, -0.2) is 9.79 Å². The highest BCUT2D eigenvalue weighted by molar-refractivity contribution is 7.07. The summed E-state index contributed by atoms with van der Waals surface area (Å²) in [7, 11) is 0. The zero-order valence-electron chi connectivity index (χ0n) is 23.7. The lowest BCUT2D eigenvalue weighted by molar-refractivity contribution is -0.139. The zero-order chi connectivity index (χ0) is 28.3. The van der Waals surface area contributed by atoms with Crippen LogP contribution in [0.5, 0.6) is 11.5 Å². The Labute approximate surface area is 233 Å². The van der Waals surface area contributed by atoms with Crippen LogP contribution in [0, 0.1) is 0 Å². The molecule has 0 aliphatic carbocycles. The van der Waals surface area contributed by atoms with Crippen LogP contribution in [0.4, 0.5) is 0 Å². The number of esters is 1. The first kappa shape index (κ1) is 28.4. The number of hydrogen-bond donors (Lipinski definition) is 0. The number of benzene rings is 2. The van der Waals surface area contributed by atoms with Crippen LogP contribution in [0.1, 0.15) is 71.2 Å². The van der Waals surface area contributed by atoms with Crippen LogP contribution in [-0.4, -0.2) is 30.4 Å². The maximum Gasteiger partial charge on any atom is 0.338 e. The van der Waals surface area contributed by atoms with Gasteiger partial charge >= 0.3 is 5.97 Å². The quantitative estimate of drug-likeness (QED) is 0.375. The van der Waals surface area contributed by atoms with Crippen molar-refractivity contribution < 1.29 is 19.0 Å². The fourth-order valence-electron chi connectivity index (χ4n) is 4.58. The van der Waals surface area contributed by atoms with Gasteiger partial charge in [0.15, 0.2) is 16.3 Å². The predicted molar refractivity (Wildman–Crippen MR) is 154 cm³/mol. The minimum absolute atomic E-state index is 0.0386. The maximum absolute atomic E-state index is 13.9. The second-order valence-electron chi connectivity index (χ2n) is 10.2. The number of rotatable bonds is 8. The predicted octanol–water partition coefficient (Wildman–Crippen LogP) is 4.89. The van der Waals surface area contributed by atoms with E-state index in [1.807, 2.05) is 50.3 Å². The van der Waals surface area contributed by atoms with Gasteiger partial charge in [0, 0.05) is 0 Å². The Morgan fingerprint density at radius 1 is 1.00 bits per heavy atom. The van der Waals surface area contributed by atoms with Crippen LogP contribution in [0.15, 0.2) is 63.5 Å². The average Bonchev–Trinajstić information content (AvgIpc) is 3.18. The summed E-state index contributed by atoms with van der Waals surface area (Å²) in [5.74, 6) is 0.658. The second kappa shape index (κ2) is 11.6. The number of aromatic nitrogens is 1. The fraction of sp³-hybridized carbons (Fsp3) is 0.387. The van der Waals surface area contributed by atoms with Crippen LogP contribution in [0.2, 0.25) is 0 Å². The van der Waals surface area contributed by atoms with E-state index >= 15 is 0 Å². The first-order chi connectivity index (χ1) is 18.6. The van der Waals surface area contributed by atoms with Crippen LogP contribution < -0.4 is 24.4 Å². The Morgan fingerprint density at radius 3 is 2.28 bits per heavy atom. The number of hydrogen-bond acceptors (Lipinski definition) is 7. The van der Waals surface area contributed by atoms with Crippen LogP contribution in [0.3, 0.4) is 0 Å². The Bertz CT molecular complexity index is 1570. The third kappa shape index (κ3) is 5.86. The number of nitrogens with zero attached hydrogens (tertiary/aromatic N) is 2. The molecular formula is C31H36N2O5S. The Morgan fingerprint density at radius 2 is 1.67 bits per heavy atom. The maximum atomic E-state index is 13.9. The van der Waals surface area contributed by atoms with E-state index in [0.717, 1.165) is 5.56 Å². The number of thiazole rings is 1. The Hall–Kier alpha value is -3.65. The number of carbonyl (C=O) groups is 1. The molecule has 1 aromatic heterocycles. The number of ether oxygens (including phenoxy) is 3. The van der Waals surface area contributed by atoms with Crippen molar-refractivity contribution in [3.05, 3.63) is 90.1 Å². The van der Waals surface area contributed by atoms with Gasteiger partial charge in [0.25, 0.3) is 5.56 Å². The lowest BCUT2D eigenvalue weighted by atomic mass is 9.87. The molecule has 0 amide bonds. The third-order valence-electron chi connectivity index (χ3n) is 6.47. The lowest BCUT2D eigenvalue weighted by Gasteiger charge is -2.25. The first-order valence-electron chi connectivity index (χ1n) is 13.3. The highest BCUT2D eigenvalue weighted by atomic mass is 32.1. The molecule has 8 heteroatoms. The highest BCUT2D eigenvalue weighted by Gasteiger charge is 2.34.